The zero-order valence-corrected chi connectivity index (χ0v) is 22.2. The van der Waals surface area contributed by atoms with Gasteiger partial charge in [0.05, 0.1) is 41.6 Å². The van der Waals surface area contributed by atoms with Gasteiger partial charge in [0.25, 0.3) is 0 Å². The summed E-state index contributed by atoms with van der Waals surface area (Å²) in [6, 6.07) is 8.40. The number of benzene rings is 2. The highest BCUT2D eigenvalue weighted by Gasteiger charge is 2.40. The van der Waals surface area contributed by atoms with Crippen LogP contribution < -0.4 is 14.8 Å². The number of ketones is 1. The number of β-amino-alcohol motifs (C(OH)–C–C–N with tert-alkyl or cyclic N) is 1. The second kappa shape index (κ2) is 11.4. The zero-order chi connectivity index (χ0) is 26.8. The van der Waals surface area contributed by atoms with Crippen LogP contribution in [0.3, 0.4) is 0 Å². The molecule has 0 unspecified atom stereocenters. The van der Waals surface area contributed by atoms with Gasteiger partial charge in [0.2, 0.25) is 0 Å². The number of nitrogens with zero attached hydrogens (tertiary/aromatic N) is 3. The summed E-state index contributed by atoms with van der Waals surface area (Å²) >= 11 is 5.94. The van der Waals surface area contributed by atoms with Crippen LogP contribution in [0.1, 0.15) is 45.4 Å². The Morgan fingerprint density at radius 1 is 1.21 bits per heavy atom. The van der Waals surface area contributed by atoms with Gasteiger partial charge >= 0.3 is 0 Å². The third kappa shape index (κ3) is 5.41. The molecular formula is C28H32ClFN4O4. The summed E-state index contributed by atoms with van der Waals surface area (Å²) in [6.45, 7) is 2.43. The number of fused-ring (bicyclic) bond motifs is 1. The number of halogens is 2. The molecule has 2 atom stereocenters. The summed E-state index contributed by atoms with van der Waals surface area (Å²) in [5, 5.41) is 13.9. The Kier molecular flexibility index (Phi) is 7.97. The Hall–Kier alpha value is -3.01. The molecule has 1 saturated heterocycles. The predicted octanol–water partition coefficient (Wildman–Crippen LogP) is 5.28. The van der Waals surface area contributed by atoms with Crippen molar-refractivity contribution in [1.82, 2.24) is 14.9 Å². The van der Waals surface area contributed by atoms with Crippen LogP contribution in [0.2, 0.25) is 5.02 Å². The number of carbonyl (C=O) groups is 1. The number of aromatic nitrogens is 2. The van der Waals surface area contributed by atoms with Crippen LogP contribution in [-0.4, -0.2) is 63.7 Å². The van der Waals surface area contributed by atoms with Crippen LogP contribution in [0.4, 0.5) is 15.9 Å². The van der Waals surface area contributed by atoms with Gasteiger partial charge in [-0.05, 0) is 50.3 Å². The van der Waals surface area contributed by atoms with Crippen molar-refractivity contribution in [2.24, 2.45) is 0 Å². The van der Waals surface area contributed by atoms with E-state index in [0.29, 0.717) is 47.6 Å². The van der Waals surface area contributed by atoms with Crippen molar-refractivity contribution in [3.8, 4) is 11.5 Å². The summed E-state index contributed by atoms with van der Waals surface area (Å²) in [7, 11) is 1.58. The molecule has 0 bridgehead atoms. The maximum Gasteiger partial charge on any atom is 0.165 e. The number of hydrogen-bond donors (Lipinski definition) is 2. The molecule has 10 heteroatoms. The monoisotopic (exact) mass is 542 g/mol. The second-order valence-corrected chi connectivity index (χ2v) is 10.3. The number of aliphatic hydroxyl groups is 1. The van der Waals surface area contributed by atoms with Crippen molar-refractivity contribution in [3.63, 3.8) is 0 Å². The third-order valence-corrected chi connectivity index (χ3v) is 7.86. The maximum atomic E-state index is 14.5. The fourth-order valence-corrected chi connectivity index (χ4v) is 5.79. The molecule has 1 aliphatic heterocycles. The molecule has 0 spiro atoms. The Labute approximate surface area is 226 Å². The van der Waals surface area contributed by atoms with Crippen LogP contribution in [0, 0.1) is 5.82 Å². The molecule has 1 saturated carbocycles. The van der Waals surface area contributed by atoms with E-state index in [4.69, 9.17) is 21.1 Å². The molecule has 0 amide bonds. The summed E-state index contributed by atoms with van der Waals surface area (Å²) in [5.41, 5.74) is 0.832. The van der Waals surface area contributed by atoms with Crippen molar-refractivity contribution in [2.45, 2.75) is 69.7 Å². The molecule has 1 aliphatic carbocycles. The van der Waals surface area contributed by atoms with Gasteiger partial charge in [-0.3, -0.25) is 9.69 Å². The highest BCUT2D eigenvalue weighted by molar-refractivity contribution is 6.31. The van der Waals surface area contributed by atoms with Crippen molar-refractivity contribution in [3.05, 3.63) is 47.5 Å². The van der Waals surface area contributed by atoms with Crippen LogP contribution >= 0.6 is 11.6 Å². The molecule has 2 fully saturated rings. The van der Waals surface area contributed by atoms with Gasteiger partial charge in [-0.15, -0.1) is 0 Å². The first-order chi connectivity index (χ1) is 18.4. The lowest BCUT2D eigenvalue weighted by atomic mass is 9.91. The molecule has 2 aromatic carbocycles. The van der Waals surface area contributed by atoms with E-state index in [9.17, 15) is 14.3 Å². The van der Waals surface area contributed by atoms with Crippen molar-refractivity contribution in [1.29, 1.82) is 0 Å². The van der Waals surface area contributed by atoms with E-state index < -0.39 is 11.9 Å². The molecule has 202 valence electrons. The van der Waals surface area contributed by atoms with Crippen molar-refractivity contribution >= 4 is 39.8 Å². The fourth-order valence-electron chi connectivity index (χ4n) is 5.61. The highest BCUT2D eigenvalue weighted by atomic mass is 35.5. The first-order valence-electron chi connectivity index (χ1n) is 13.0. The minimum absolute atomic E-state index is 0.0171. The number of likely N-dealkylation sites (tertiary alicyclic amines) is 1. The Bertz CT molecular complexity index is 1320. The van der Waals surface area contributed by atoms with Gasteiger partial charge < -0.3 is 19.9 Å². The summed E-state index contributed by atoms with van der Waals surface area (Å²) in [5.74, 6) is 1.17. The van der Waals surface area contributed by atoms with E-state index in [0.717, 1.165) is 25.7 Å². The molecule has 3 aromatic rings. The Morgan fingerprint density at radius 2 is 2.00 bits per heavy atom. The zero-order valence-electron chi connectivity index (χ0n) is 21.5. The molecule has 2 N–H and O–H groups in total. The lowest BCUT2D eigenvalue weighted by molar-refractivity contribution is -0.124. The van der Waals surface area contributed by atoms with E-state index in [1.54, 1.807) is 25.3 Å². The Balaban J connectivity index is 1.33. The van der Waals surface area contributed by atoms with Gasteiger partial charge in [-0.1, -0.05) is 24.6 Å². The molecule has 0 radical (unpaired) electrons. The lowest BCUT2D eigenvalue weighted by Crippen LogP contribution is -2.46. The fraction of sp³-hybridized carbons (Fsp3) is 0.464. The van der Waals surface area contributed by atoms with E-state index in [1.807, 2.05) is 13.0 Å². The minimum Gasteiger partial charge on any atom is -0.493 e. The minimum atomic E-state index is -0.559. The van der Waals surface area contributed by atoms with E-state index >= 15 is 0 Å². The van der Waals surface area contributed by atoms with Crippen molar-refractivity contribution in [2.75, 3.05) is 19.0 Å². The number of methoxy groups -OCH3 is 1. The number of Topliss-reactive ketones (excluding diaryl/α,β-unsaturated/α-hetero) is 1. The first kappa shape index (κ1) is 26.6. The average molecular weight is 543 g/mol. The van der Waals surface area contributed by atoms with Crippen LogP contribution in [-0.2, 0) is 4.79 Å². The van der Waals surface area contributed by atoms with E-state index in [-0.39, 0.29) is 34.7 Å². The van der Waals surface area contributed by atoms with Gasteiger partial charge in [0.15, 0.2) is 17.3 Å². The third-order valence-electron chi connectivity index (χ3n) is 7.57. The quantitative estimate of drug-likeness (QED) is 0.397. The lowest BCUT2D eigenvalue weighted by Gasteiger charge is -2.37. The van der Waals surface area contributed by atoms with Gasteiger partial charge in [0, 0.05) is 30.5 Å². The van der Waals surface area contributed by atoms with Crippen LogP contribution in [0.25, 0.3) is 10.9 Å². The van der Waals surface area contributed by atoms with Crippen LogP contribution in [0.15, 0.2) is 36.7 Å². The first-order valence-corrected chi connectivity index (χ1v) is 13.4. The molecule has 8 nitrogen and oxygen atoms in total. The predicted molar refractivity (Wildman–Crippen MR) is 144 cm³/mol. The number of rotatable bonds is 8. The number of ether oxygens (including phenoxy) is 2. The smallest absolute Gasteiger partial charge is 0.165 e. The van der Waals surface area contributed by atoms with Crippen molar-refractivity contribution < 1.29 is 23.8 Å². The molecule has 2 heterocycles. The summed E-state index contributed by atoms with van der Waals surface area (Å²) < 4.78 is 26.6. The number of carbonyl (C=O) groups excluding carboxylic acids is 1. The summed E-state index contributed by atoms with van der Waals surface area (Å²) in [6.07, 6.45) is 5.32. The topological polar surface area (TPSA) is 96.8 Å². The highest BCUT2D eigenvalue weighted by Crippen LogP contribution is 2.38. The molecular weight excluding hydrogens is 511 g/mol. The van der Waals surface area contributed by atoms with E-state index in [2.05, 4.69) is 20.2 Å². The molecule has 1 aromatic heterocycles. The van der Waals surface area contributed by atoms with Crippen LogP contribution in [0.5, 0.6) is 11.5 Å². The van der Waals surface area contributed by atoms with Gasteiger partial charge in [-0.2, -0.15) is 0 Å². The average Bonchev–Trinajstić information content (AvgIpc) is 3.32. The summed E-state index contributed by atoms with van der Waals surface area (Å²) in [4.78, 5) is 23.3. The van der Waals surface area contributed by atoms with E-state index in [1.165, 1.54) is 12.4 Å². The number of aliphatic hydroxyl groups excluding tert-OH is 1. The number of anilines is 2. The SMILES string of the molecule is CCC(=O)[C@H]1C[C@@H](O)CN1C1CCC(Oc2cc3c(Nc4cccc(Cl)c4F)ncnc3cc2OC)CC1. The van der Waals surface area contributed by atoms with Gasteiger partial charge in [-0.25, -0.2) is 14.4 Å². The number of hydrogen-bond acceptors (Lipinski definition) is 8. The second-order valence-electron chi connectivity index (χ2n) is 9.94. The molecule has 5 rings (SSSR count). The molecule has 38 heavy (non-hydrogen) atoms. The Morgan fingerprint density at radius 3 is 2.74 bits per heavy atom. The number of nitrogens with one attached hydrogen (secondary N) is 1. The normalized spacial score (nSPS) is 23.9. The largest absolute Gasteiger partial charge is 0.493 e. The maximum absolute atomic E-state index is 14.5. The molecule has 2 aliphatic rings. The standard InChI is InChI=1S/C28H32ClFN4O4/c1-3-24(36)23-11-17(35)14-34(23)16-7-9-18(10-8-16)38-26-12-19-22(13-25(26)37-2)31-15-32-28(19)33-21-6-4-5-20(29)27(21)30/h4-6,12-13,15-18,23,35H,3,7-11,14H2,1-2H3,(H,31,32,33)/t16?,17-,18?,23-/m1/s1. The van der Waals surface area contributed by atoms with Gasteiger partial charge in [0.1, 0.15) is 17.9 Å².